The van der Waals surface area contributed by atoms with Gasteiger partial charge in [-0.25, -0.2) is 0 Å². The molecule has 338 valence electrons. The predicted octanol–water partition coefficient (Wildman–Crippen LogP) is 10.3. The molecule has 0 aromatic rings. The quantitative estimate of drug-likeness (QED) is 0.0268. The van der Waals surface area contributed by atoms with Crippen molar-refractivity contribution in [1.29, 1.82) is 0 Å². The van der Waals surface area contributed by atoms with Gasteiger partial charge in [0.25, 0.3) is 0 Å². The molecule has 58 heavy (non-hydrogen) atoms. The van der Waals surface area contributed by atoms with Gasteiger partial charge in [-0.2, -0.15) is 0 Å². The van der Waals surface area contributed by atoms with Crippen LogP contribution in [0.25, 0.3) is 0 Å². The van der Waals surface area contributed by atoms with Crippen LogP contribution in [0, 0.1) is 0 Å². The lowest BCUT2D eigenvalue weighted by molar-refractivity contribution is -0.305. The van der Waals surface area contributed by atoms with Crippen molar-refractivity contribution in [3.8, 4) is 0 Å². The summed E-state index contributed by atoms with van der Waals surface area (Å²) in [7, 11) is 0. The summed E-state index contributed by atoms with van der Waals surface area (Å²) < 4.78 is 22.1. The molecule has 0 aromatic heterocycles. The first kappa shape index (κ1) is 53.9. The molecule has 10 heteroatoms. The van der Waals surface area contributed by atoms with Crippen molar-refractivity contribution >= 4 is 11.9 Å². The number of aliphatic hydroxyl groups is 4. The Kier molecular flexibility index (Phi) is 36.3. The zero-order chi connectivity index (χ0) is 42.3. The Labute approximate surface area is 353 Å². The van der Waals surface area contributed by atoms with Crippen LogP contribution < -0.4 is 0 Å². The van der Waals surface area contributed by atoms with E-state index in [1.54, 1.807) is 0 Å². The van der Waals surface area contributed by atoms with Gasteiger partial charge in [0.2, 0.25) is 0 Å². The van der Waals surface area contributed by atoms with Crippen molar-refractivity contribution in [1.82, 2.24) is 0 Å². The van der Waals surface area contributed by atoms with Crippen LogP contribution in [-0.2, 0) is 28.5 Å². The number of hydrogen-bond acceptors (Lipinski definition) is 10. The summed E-state index contributed by atoms with van der Waals surface area (Å²) in [5.74, 6) is -0.835. The highest BCUT2D eigenvalue weighted by molar-refractivity contribution is 5.70. The predicted molar refractivity (Wildman–Crippen MR) is 233 cm³/mol. The number of ether oxygens (including phenoxy) is 4. The average molecular weight is 823 g/mol. The number of carbonyl (C=O) groups is 2. The van der Waals surface area contributed by atoms with Crippen LogP contribution in [0.4, 0.5) is 0 Å². The summed E-state index contributed by atoms with van der Waals surface area (Å²) in [6.45, 7) is 3.29. The Morgan fingerprint density at radius 2 is 1.02 bits per heavy atom. The molecule has 1 aliphatic heterocycles. The van der Waals surface area contributed by atoms with Crippen LogP contribution in [-0.4, -0.2) is 89.0 Å². The minimum atomic E-state index is -1.60. The fourth-order valence-electron chi connectivity index (χ4n) is 7.09. The van der Waals surface area contributed by atoms with E-state index in [2.05, 4.69) is 50.3 Å². The van der Waals surface area contributed by atoms with E-state index < -0.39 is 49.4 Å². The van der Waals surface area contributed by atoms with Gasteiger partial charge in [0.15, 0.2) is 12.4 Å². The molecule has 0 saturated carbocycles. The maximum atomic E-state index is 12.7. The molecule has 1 heterocycles. The second-order valence-corrected chi connectivity index (χ2v) is 16.2. The van der Waals surface area contributed by atoms with Crippen LogP contribution in [0.2, 0.25) is 0 Å². The minimum Gasteiger partial charge on any atom is -0.462 e. The lowest BCUT2D eigenvalue weighted by Gasteiger charge is -2.39. The van der Waals surface area contributed by atoms with Crippen molar-refractivity contribution < 1.29 is 49.0 Å². The highest BCUT2D eigenvalue weighted by atomic mass is 16.7. The molecule has 0 bridgehead atoms. The monoisotopic (exact) mass is 823 g/mol. The van der Waals surface area contributed by atoms with E-state index in [1.807, 2.05) is 0 Å². The smallest absolute Gasteiger partial charge is 0.306 e. The Hall–Kier alpha value is -2.08. The topological polar surface area (TPSA) is 152 Å². The maximum Gasteiger partial charge on any atom is 0.306 e. The van der Waals surface area contributed by atoms with Crippen LogP contribution in [0.3, 0.4) is 0 Å². The molecule has 0 spiro atoms. The third-order valence-corrected chi connectivity index (χ3v) is 10.8. The Bertz CT molecular complexity index is 1040. The number of aliphatic hydroxyl groups excluding tert-OH is 4. The number of esters is 2. The molecule has 6 unspecified atom stereocenters. The molecule has 1 aliphatic rings. The van der Waals surface area contributed by atoms with Crippen molar-refractivity contribution in [2.24, 2.45) is 0 Å². The standard InChI is InChI=1S/C48H86O10/c1-3-5-7-9-11-13-15-17-18-19-20-21-22-23-25-26-28-30-32-34-36-43(50)55-39-41(40-56-48-47(54)46(53)45(52)42(38-49)58-48)57-44(51)37-35-33-31-29-27-24-16-14-12-10-8-6-4-2/h6,8,12,14,24,27,41-42,45-49,52-54H,3-5,7,9-11,13,15-23,25-26,28-40H2,1-2H3/b8-6-,14-12-,27-24-. The minimum absolute atomic E-state index is 0.196. The third-order valence-electron chi connectivity index (χ3n) is 10.8. The molecule has 0 aliphatic carbocycles. The van der Waals surface area contributed by atoms with E-state index in [0.717, 1.165) is 57.8 Å². The molecular formula is C48H86O10. The number of unbranched alkanes of at least 4 members (excludes halogenated alkanes) is 22. The van der Waals surface area contributed by atoms with Gasteiger partial charge in [0, 0.05) is 12.8 Å². The summed E-state index contributed by atoms with van der Waals surface area (Å²) in [5, 5.41) is 40.1. The van der Waals surface area contributed by atoms with Gasteiger partial charge < -0.3 is 39.4 Å². The van der Waals surface area contributed by atoms with Crippen molar-refractivity contribution in [3.05, 3.63) is 36.5 Å². The Morgan fingerprint density at radius 3 is 1.53 bits per heavy atom. The van der Waals surface area contributed by atoms with E-state index in [1.165, 1.54) is 109 Å². The first-order valence-corrected chi connectivity index (χ1v) is 23.6. The largest absolute Gasteiger partial charge is 0.462 e. The van der Waals surface area contributed by atoms with Crippen LogP contribution in [0.15, 0.2) is 36.5 Å². The van der Waals surface area contributed by atoms with Crippen molar-refractivity contribution in [3.63, 3.8) is 0 Å². The van der Waals surface area contributed by atoms with Gasteiger partial charge in [-0.3, -0.25) is 9.59 Å². The average Bonchev–Trinajstić information content (AvgIpc) is 3.22. The first-order valence-electron chi connectivity index (χ1n) is 23.6. The van der Waals surface area contributed by atoms with E-state index >= 15 is 0 Å². The van der Waals surface area contributed by atoms with Gasteiger partial charge in [0.1, 0.15) is 31.0 Å². The van der Waals surface area contributed by atoms with Gasteiger partial charge in [-0.1, -0.05) is 179 Å². The normalized spacial score (nSPS) is 20.4. The number of rotatable bonds is 39. The van der Waals surface area contributed by atoms with Gasteiger partial charge in [-0.15, -0.1) is 0 Å². The van der Waals surface area contributed by atoms with E-state index in [-0.39, 0.29) is 32.0 Å². The molecule has 10 nitrogen and oxygen atoms in total. The zero-order valence-corrected chi connectivity index (χ0v) is 36.8. The molecular weight excluding hydrogens is 737 g/mol. The second kappa shape index (κ2) is 39.1. The fraction of sp³-hybridized carbons (Fsp3) is 0.833. The summed E-state index contributed by atoms with van der Waals surface area (Å²) in [6, 6.07) is 0. The van der Waals surface area contributed by atoms with Crippen LogP contribution >= 0.6 is 0 Å². The molecule has 0 radical (unpaired) electrons. The summed E-state index contributed by atoms with van der Waals surface area (Å²) in [4.78, 5) is 25.3. The molecule has 4 N–H and O–H groups in total. The van der Waals surface area contributed by atoms with Gasteiger partial charge in [0.05, 0.1) is 13.2 Å². The SMILES string of the molecule is CC/C=C\C/C=C\C/C=C\CCCCCC(=O)OC(COC(=O)CCCCCCCCCCCCCCCCCCCCCC)COC1OC(CO)C(O)C(O)C1O. The molecule has 6 atom stereocenters. The first-order chi connectivity index (χ1) is 28.3. The second-order valence-electron chi connectivity index (χ2n) is 16.2. The fourth-order valence-corrected chi connectivity index (χ4v) is 7.09. The number of hydrogen-bond donors (Lipinski definition) is 4. The Balaban J connectivity index is 2.28. The summed E-state index contributed by atoms with van der Waals surface area (Å²) in [6.07, 6.45) is 37.3. The van der Waals surface area contributed by atoms with Gasteiger partial charge in [-0.05, 0) is 44.9 Å². The van der Waals surface area contributed by atoms with E-state index in [4.69, 9.17) is 18.9 Å². The Morgan fingerprint density at radius 1 is 0.552 bits per heavy atom. The number of allylic oxidation sites excluding steroid dienone is 6. The molecule has 0 amide bonds. The molecule has 0 aromatic carbocycles. The maximum absolute atomic E-state index is 12.7. The summed E-state index contributed by atoms with van der Waals surface area (Å²) in [5.41, 5.74) is 0. The van der Waals surface area contributed by atoms with Crippen molar-refractivity contribution in [2.75, 3.05) is 19.8 Å². The van der Waals surface area contributed by atoms with E-state index in [0.29, 0.717) is 6.42 Å². The van der Waals surface area contributed by atoms with E-state index in [9.17, 15) is 30.0 Å². The lowest BCUT2D eigenvalue weighted by atomic mass is 9.99. The number of carbonyl (C=O) groups excluding carboxylic acids is 2. The highest BCUT2D eigenvalue weighted by Gasteiger charge is 2.44. The zero-order valence-electron chi connectivity index (χ0n) is 36.8. The van der Waals surface area contributed by atoms with Crippen molar-refractivity contribution in [2.45, 2.75) is 237 Å². The lowest BCUT2D eigenvalue weighted by Crippen LogP contribution is -2.59. The third kappa shape index (κ3) is 30.0. The van der Waals surface area contributed by atoms with Gasteiger partial charge >= 0.3 is 11.9 Å². The van der Waals surface area contributed by atoms with Crippen LogP contribution in [0.1, 0.15) is 200 Å². The molecule has 1 fully saturated rings. The molecule has 1 rings (SSSR count). The molecule has 1 saturated heterocycles. The summed E-state index contributed by atoms with van der Waals surface area (Å²) >= 11 is 0. The van der Waals surface area contributed by atoms with Crippen LogP contribution in [0.5, 0.6) is 0 Å². The highest BCUT2D eigenvalue weighted by Crippen LogP contribution is 2.23.